The maximum Gasteiger partial charge on any atom is 0.446 e. The van der Waals surface area contributed by atoms with Crippen molar-refractivity contribution in [1.82, 2.24) is 9.13 Å². The number of aromatic nitrogens is 2. The summed E-state index contributed by atoms with van der Waals surface area (Å²) in [4.78, 5) is 25.1. The number of amidine groups is 1. The van der Waals surface area contributed by atoms with Gasteiger partial charge in [0.25, 0.3) is 5.56 Å². The van der Waals surface area contributed by atoms with Gasteiger partial charge in [-0.15, -0.1) is 0 Å². The molecule has 0 unspecified atom stereocenters. The number of nitrogens with zero attached hydrogens (tertiary/aromatic N) is 2. The minimum absolute atomic E-state index is 0.00396. The van der Waals surface area contributed by atoms with Gasteiger partial charge in [-0.05, 0) is 42.4 Å². The molecular weight excluding hydrogens is 385 g/mol. The fourth-order valence-corrected chi connectivity index (χ4v) is 2.96. The summed E-state index contributed by atoms with van der Waals surface area (Å²) in [5.41, 5.74) is -1.52. The molecule has 146 valence electrons. The minimum Gasteiger partial charge on any atom is -0.494 e. The van der Waals surface area contributed by atoms with Gasteiger partial charge in [0, 0.05) is 11.4 Å². The maximum absolute atomic E-state index is 12.7. The van der Waals surface area contributed by atoms with Crippen LogP contribution >= 0.6 is 11.8 Å². The molecule has 0 saturated heterocycles. The molecular formula is C16H17F3N4O3S. The number of aromatic hydroxyl groups is 1. The molecule has 0 aliphatic carbocycles. The van der Waals surface area contributed by atoms with Crippen molar-refractivity contribution >= 4 is 17.6 Å². The SMILES string of the molecule is CCCCn1c(O)c(C(=N)N)c(=O)n(-c2ccc(SC(F)(F)F)cc2)c1=O. The summed E-state index contributed by atoms with van der Waals surface area (Å²) < 4.78 is 38.9. The second-order valence-electron chi connectivity index (χ2n) is 5.58. The first-order valence-corrected chi connectivity index (χ1v) is 8.67. The van der Waals surface area contributed by atoms with Crippen LogP contribution in [0.4, 0.5) is 13.2 Å². The number of nitrogens with two attached hydrogens (primary N) is 1. The Morgan fingerprint density at radius 1 is 1.26 bits per heavy atom. The molecule has 11 heteroatoms. The summed E-state index contributed by atoms with van der Waals surface area (Å²) >= 11 is -0.327. The monoisotopic (exact) mass is 402 g/mol. The van der Waals surface area contributed by atoms with Crippen LogP contribution in [0.3, 0.4) is 0 Å². The van der Waals surface area contributed by atoms with Gasteiger partial charge in [0.05, 0.1) is 5.69 Å². The smallest absolute Gasteiger partial charge is 0.446 e. The molecule has 0 bridgehead atoms. The van der Waals surface area contributed by atoms with Crippen LogP contribution in [0, 0.1) is 5.41 Å². The summed E-state index contributed by atoms with van der Waals surface area (Å²) in [5, 5.41) is 17.7. The van der Waals surface area contributed by atoms with Crippen molar-refractivity contribution in [3.05, 3.63) is 50.7 Å². The second kappa shape index (κ2) is 7.91. The van der Waals surface area contributed by atoms with Gasteiger partial charge in [0.2, 0.25) is 5.88 Å². The van der Waals surface area contributed by atoms with E-state index in [1.54, 1.807) is 0 Å². The van der Waals surface area contributed by atoms with Gasteiger partial charge in [0.15, 0.2) is 0 Å². The highest BCUT2D eigenvalue weighted by atomic mass is 32.2. The Hall–Kier alpha value is -2.69. The number of hydrogen-bond acceptors (Lipinski definition) is 5. The van der Waals surface area contributed by atoms with E-state index in [-0.39, 0.29) is 28.9 Å². The molecule has 27 heavy (non-hydrogen) atoms. The fourth-order valence-electron chi connectivity index (χ4n) is 2.42. The average Bonchev–Trinajstić information content (AvgIpc) is 2.54. The van der Waals surface area contributed by atoms with E-state index in [9.17, 15) is 27.9 Å². The summed E-state index contributed by atoms with van der Waals surface area (Å²) in [6, 6.07) is 4.61. The highest BCUT2D eigenvalue weighted by Crippen LogP contribution is 2.36. The van der Waals surface area contributed by atoms with E-state index in [2.05, 4.69) is 0 Å². The maximum atomic E-state index is 12.7. The number of rotatable bonds is 6. The molecule has 7 nitrogen and oxygen atoms in total. The van der Waals surface area contributed by atoms with Crippen molar-refractivity contribution in [1.29, 1.82) is 5.41 Å². The number of halogens is 3. The van der Waals surface area contributed by atoms with Crippen LogP contribution < -0.4 is 17.0 Å². The van der Waals surface area contributed by atoms with Gasteiger partial charge in [-0.25, -0.2) is 9.36 Å². The van der Waals surface area contributed by atoms with Gasteiger partial charge < -0.3 is 10.8 Å². The summed E-state index contributed by atoms with van der Waals surface area (Å²) in [7, 11) is 0. The average molecular weight is 402 g/mol. The molecule has 0 amide bonds. The van der Waals surface area contributed by atoms with Gasteiger partial charge in [0.1, 0.15) is 11.4 Å². The summed E-state index contributed by atoms with van der Waals surface area (Å²) in [6.45, 7) is 1.95. The van der Waals surface area contributed by atoms with Crippen LogP contribution in [-0.2, 0) is 6.54 Å². The highest BCUT2D eigenvalue weighted by Gasteiger charge is 2.29. The third-order valence-corrected chi connectivity index (χ3v) is 4.39. The van der Waals surface area contributed by atoms with Crippen LogP contribution in [0.25, 0.3) is 5.69 Å². The normalized spacial score (nSPS) is 11.6. The molecule has 0 fully saturated rings. The van der Waals surface area contributed by atoms with Crippen LogP contribution in [0.5, 0.6) is 5.88 Å². The molecule has 1 heterocycles. The zero-order valence-corrected chi connectivity index (χ0v) is 15.0. The molecule has 0 atom stereocenters. The van der Waals surface area contributed by atoms with E-state index in [1.165, 1.54) is 12.1 Å². The molecule has 0 radical (unpaired) electrons. The van der Waals surface area contributed by atoms with Crippen molar-refractivity contribution in [3.8, 4) is 11.6 Å². The zero-order chi connectivity index (χ0) is 20.4. The third-order valence-electron chi connectivity index (χ3n) is 3.65. The van der Waals surface area contributed by atoms with Gasteiger partial charge in [-0.3, -0.25) is 14.8 Å². The van der Waals surface area contributed by atoms with Crippen LogP contribution in [0.15, 0.2) is 38.8 Å². The number of alkyl halides is 3. The summed E-state index contributed by atoms with van der Waals surface area (Å²) in [5.74, 6) is -1.42. The Labute approximate surface area is 155 Å². The number of nitrogens with one attached hydrogen (secondary N) is 1. The zero-order valence-electron chi connectivity index (χ0n) is 14.2. The quantitative estimate of drug-likeness (QED) is 0.390. The Kier molecular flexibility index (Phi) is 6.04. The first-order chi connectivity index (χ1) is 12.6. The Balaban J connectivity index is 2.65. The van der Waals surface area contributed by atoms with E-state index >= 15 is 0 Å². The van der Waals surface area contributed by atoms with Gasteiger partial charge >= 0.3 is 11.2 Å². The van der Waals surface area contributed by atoms with Crippen LogP contribution in [0.2, 0.25) is 0 Å². The predicted octanol–water partition coefficient (Wildman–Crippen LogP) is 2.40. The molecule has 0 saturated carbocycles. The first-order valence-electron chi connectivity index (χ1n) is 7.86. The lowest BCUT2D eigenvalue weighted by molar-refractivity contribution is -0.0328. The van der Waals surface area contributed by atoms with Gasteiger partial charge in [-0.2, -0.15) is 13.2 Å². The topological polar surface area (TPSA) is 114 Å². The number of benzene rings is 1. The van der Waals surface area contributed by atoms with Crippen LogP contribution in [0.1, 0.15) is 25.3 Å². The van der Waals surface area contributed by atoms with Crippen LogP contribution in [-0.4, -0.2) is 25.6 Å². The fraction of sp³-hybridized carbons (Fsp3) is 0.312. The molecule has 2 rings (SSSR count). The molecule has 2 aromatic rings. The molecule has 0 spiro atoms. The number of nitrogen functional groups attached to an aromatic ring is 1. The highest BCUT2D eigenvalue weighted by molar-refractivity contribution is 8.00. The van der Waals surface area contributed by atoms with Crippen molar-refractivity contribution in [3.63, 3.8) is 0 Å². The van der Waals surface area contributed by atoms with Crippen molar-refractivity contribution in [2.45, 2.75) is 36.7 Å². The lowest BCUT2D eigenvalue weighted by Crippen LogP contribution is -2.42. The molecule has 1 aromatic carbocycles. The van der Waals surface area contributed by atoms with E-state index in [4.69, 9.17) is 11.1 Å². The van der Waals surface area contributed by atoms with Crippen molar-refractivity contribution < 1.29 is 18.3 Å². The standard InChI is InChI=1S/C16H17F3N4O3S/c1-2-3-8-22-13(24)11(12(20)21)14(25)23(15(22)26)9-4-6-10(7-5-9)27-16(17,18)19/h4-7,24H,2-3,8H2,1H3,(H3,20,21). The number of hydrogen-bond donors (Lipinski definition) is 3. The first kappa shape index (κ1) is 20.6. The lowest BCUT2D eigenvalue weighted by Gasteiger charge is -2.15. The van der Waals surface area contributed by atoms with Crippen molar-refractivity contribution in [2.75, 3.05) is 0 Å². The van der Waals surface area contributed by atoms with E-state index in [1.807, 2.05) is 6.92 Å². The number of unbranched alkanes of at least 4 members (excludes halogenated alkanes) is 1. The molecule has 1 aromatic heterocycles. The minimum atomic E-state index is -4.47. The third kappa shape index (κ3) is 4.54. The lowest BCUT2D eigenvalue weighted by atomic mass is 10.2. The molecule has 0 aliphatic rings. The van der Waals surface area contributed by atoms with Gasteiger partial charge in [-0.1, -0.05) is 13.3 Å². The number of thioether (sulfide) groups is 1. The molecule has 0 aliphatic heterocycles. The van der Waals surface area contributed by atoms with Crippen molar-refractivity contribution in [2.24, 2.45) is 5.73 Å². The van der Waals surface area contributed by atoms with E-state index in [0.717, 1.165) is 16.7 Å². The summed E-state index contributed by atoms with van der Waals surface area (Å²) in [6.07, 6.45) is 1.22. The predicted molar refractivity (Wildman–Crippen MR) is 95.8 cm³/mol. The second-order valence-corrected chi connectivity index (χ2v) is 6.72. The Morgan fingerprint density at radius 3 is 2.33 bits per heavy atom. The molecule has 4 N–H and O–H groups in total. The Bertz CT molecular complexity index is 965. The Morgan fingerprint density at radius 2 is 1.85 bits per heavy atom. The van der Waals surface area contributed by atoms with E-state index in [0.29, 0.717) is 17.4 Å². The largest absolute Gasteiger partial charge is 0.494 e. The van der Waals surface area contributed by atoms with E-state index < -0.39 is 34.0 Å².